The largest absolute Gasteiger partial charge is 1.00 e. The SMILES string of the molecule is CCO.O=[N+]([O-])[O-].[Rb+]. The van der Waals surface area contributed by atoms with Crippen LogP contribution in [-0.4, -0.2) is 16.8 Å². The van der Waals surface area contributed by atoms with E-state index in [1.54, 1.807) is 6.92 Å². The van der Waals surface area contributed by atoms with Crippen molar-refractivity contribution in [3.05, 3.63) is 15.3 Å². The van der Waals surface area contributed by atoms with Gasteiger partial charge in [-0.15, -0.1) is 0 Å². The van der Waals surface area contributed by atoms with Crippen LogP contribution in [0.2, 0.25) is 0 Å². The minimum Gasteiger partial charge on any atom is -0.397 e. The van der Waals surface area contributed by atoms with Crippen LogP contribution in [0.25, 0.3) is 0 Å². The number of aliphatic hydroxyl groups is 1. The molecule has 0 heterocycles. The zero-order valence-electron chi connectivity index (χ0n) is 4.83. The number of hydrogen-bond acceptors (Lipinski definition) is 4. The average Bonchev–Trinajstić information content (AvgIpc) is 1.33. The van der Waals surface area contributed by atoms with Gasteiger partial charge in [-0.25, -0.2) is 0 Å². The summed E-state index contributed by atoms with van der Waals surface area (Å²) < 4.78 is 0. The fourth-order valence-corrected chi connectivity index (χ4v) is 0. The van der Waals surface area contributed by atoms with E-state index >= 15 is 0 Å². The van der Waals surface area contributed by atoms with Crippen LogP contribution in [0.5, 0.6) is 0 Å². The summed E-state index contributed by atoms with van der Waals surface area (Å²) in [6.45, 7) is 1.93. The summed E-state index contributed by atoms with van der Waals surface area (Å²) in [5.74, 6) is 0. The Labute approximate surface area is 95.6 Å². The summed E-state index contributed by atoms with van der Waals surface area (Å²) in [5, 5.41) is 22.3. The Kier molecular flexibility index (Phi) is 31.3. The molecule has 0 saturated heterocycles. The van der Waals surface area contributed by atoms with Crippen molar-refractivity contribution in [1.82, 2.24) is 0 Å². The second kappa shape index (κ2) is 15.7. The predicted molar refractivity (Wildman–Crippen MR) is 23.1 cm³/mol. The standard InChI is InChI=1S/C2H6O.NO3.Rb/c1-2-3;2-1(3)4;/h3H,2H2,1H3;;/q;-1;+1. The van der Waals surface area contributed by atoms with Crippen LogP contribution >= 0.6 is 0 Å². The van der Waals surface area contributed by atoms with Gasteiger partial charge in [0.1, 0.15) is 0 Å². The van der Waals surface area contributed by atoms with Gasteiger partial charge in [0.15, 0.2) is 0 Å². The minimum absolute atomic E-state index is 0. The summed E-state index contributed by atoms with van der Waals surface area (Å²) in [6.07, 6.45) is 0. The topological polar surface area (TPSA) is 86.4 Å². The molecule has 0 aromatic carbocycles. The molecule has 0 amide bonds. The third kappa shape index (κ3) is 266. The maximum absolute atomic E-state index is 8.25. The third-order valence-electron chi connectivity index (χ3n) is 0. The van der Waals surface area contributed by atoms with Gasteiger partial charge in [-0.2, -0.15) is 0 Å². The van der Waals surface area contributed by atoms with Crippen molar-refractivity contribution < 1.29 is 68.4 Å². The van der Waals surface area contributed by atoms with Gasteiger partial charge < -0.3 is 20.4 Å². The first-order chi connectivity index (χ1) is 3.15. The van der Waals surface area contributed by atoms with Gasteiger partial charge in [-0.05, 0) is 6.92 Å². The van der Waals surface area contributed by atoms with Gasteiger partial charge in [-0.3, -0.25) is 0 Å². The van der Waals surface area contributed by atoms with E-state index in [0.29, 0.717) is 0 Å². The van der Waals surface area contributed by atoms with Crippen LogP contribution in [0, 0.1) is 15.3 Å². The molecule has 0 aromatic rings. The van der Waals surface area contributed by atoms with Gasteiger partial charge in [0, 0.05) is 6.61 Å². The zero-order chi connectivity index (χ0) is 6.28. The molecule has 8 heavy (non-hydrogen) atoms. The van der Waals surface area contributed by atoms with Crippen LogP contribution < -0.4 is 58.2 Å². The Morgan fingerprint density at radius 2 is 1.62 bits per heavy atom. The van der Waals surface area contributed by atoms with Gasteiger partial charge in [0.05, 0.1) is 5.09 Å². The fourth-order valence-electron chi connectivity index (χ4n) is 0. The molecule has 0 aliphatic heterocycles. The van der Waals surface area contributed by atoms with Crippen molar-refractivity contribution in [1.29, 1.82) is 0 Å². The summed E-state index contributed by atoms with van der Waals surface area (Å²) in [4.78, 5) is 8.25. The van der Waals surface area contributed by atoms with Crippen molar-refractivity contribution >= 4 is 0 Å². The van der Waals surface area contributed by atoms with E-state index in [2.05, 4.69) is 0 Å². The number of aliphatic hydroxyl groups excluding tert-OH is 1. The first-order valence-corrected chi connectivity index (χ1v) is 1.57. The predicted octanol–water partition coefficient (Wildman–Crippen LogP) is -3.24. The van der Waals surface area contributed by atoms with Gasteiger partial charge in [0.2, 0.25) is 0 Å². The van der Waals surface area contributed by atoms with Crippen molar-refractivity contribution in [2.45, 2.75) is 6.92 Å². The zero-order valence-corrected chi connectivity index (χ0v) is 9.74. The molecule has 0 atom stereocenters. The maximum atomic E-state index is 8.25. The van der Waals surface area contributed by atoms with Crippen molar-refractivity contribution in [3.8, 4) is 0 Å². The molecule has 6 heteroatoms. The van der Waals surface area contributed by atoms with Crippen LogP contribution in [0.4, 0.5) is 0 Å². The molecular weight excluding hydrogens is 187 g/mol. The van der Waals surface area contributed by atoms with E-state index in [9.17, 15) is 0 Å². The normalized spacial score (nSPS) is 5.25. The monoisotopic (exact) mass is 193 g/mol. The van der Waals surface area contributed by atoms with E-state index in [1.165, 1.54) is 0 Å². The summed E-state index contributed by atoms with van der Waals surface area (Å²) in [5.41, 5.74) is 0. The van der Waals surface area contributed by atoms with E-state index in [1.807, 2.05) is 0 Å². The quantitative estimate of drug-likeness (QED) is 0.324. The molecule has 0 rings (SSSR count). The van der Waals surface area contributed by atoms with E-state index in [0.717, 1.165) is 0 Å². The molecule has 0 aliphatic carbocycles. The van der Waals surface area contributed by atoms with Crippen LogP contribution in [-0.2, 0) is 0 Å². The Morgan fingerprint density at radius 1 is 1.62 bits per heavy atom. The summed E-state index contributed by atoms with van der Waals surface area (Å²) in [6, 6.07) is 0. The summed E-state index contributed by atoms with van der Waals surface area (Å²) >= 11 is 0. The van der Waals surface area contributed by atoms with E-state index < -0.39 is 5.09 Å². The first kappa shape index (κ1) is 16.0. The Bertz CT molecular complexity index is 45.3. The summed E-state index contributed by atoms with van der Waals surface area (Å²) in [7, 11) is 0. The fraction of sp³-hybridized carbons (Fsp3) is 1.00. The number of hydrogen-bond donors (Lipinski definition) is 1. The molecule has 0 spiro atoms. The molecule has 1 N–H and O–H groups in total. The molecule has 0 bridgehead atoms. The van der Waals surface area contributed by atoms with Gasteiger partial charge in [-0.1, -0.05) is 0 Å². The molecule has 0 unspecified atom stereocenters. The first-order valence-electron chi connectivity index (χ1n) is 1.57. The third-order valence-corrected chi connectivity index (χ3v) is 0. The van der Waals surface area contributed by atoms with Crippen molar-refractivity contribution in [3.63, 3.8) is 0 Å². The smallest absolute Gasteiger partial charge is 0.397 e. The van der Waals surface area contributed by atoms with Crippen molar-refractivity contribution in [2.24, 2.45) is 0 Å². The molecular formula is C2H6NO4Rb. The number of rotatable bonds is 0. The van der Waals surface area contributed by atoms with Gasteiger partial charge in [0.25, 0.3) is 0 Å². The molecule has 0 radical (unpaired) electrons. The Morgan fingerprint density at radius 3 is 1.62 bits per heavy atom. The molecule has 0 fully saturated rings. The average molecular weight is 194 g/mol. The maximum Gasteiger partial charge on any atom is 1.00 e. The van der Waals surface area contributed by atoms with E-state index in [-0.39, 0.29) is 64.8 Å². The molecule has 44 valence electrons. The second-order valence-corrected chi connectivity index (χ2v) is 0.540. The molecule has 0 aromatic heterocycles. The molecule has 0 saturated carbocycles. The van der Waals surface area contributed by atoms with Crippen molar-refractivity contribution in [2.75, 3.05) is 6.61 Å². The van der Waals surface area contributed by atoms with Gasteiger partial charge >= 0.3 is 58.2 Å². The second-order valence-electron chi connectivity index (χ2n) is 0.540. The van der Waals surface area contributed by atoms with E-state index in [4.69, 9.17) is 20.4 Å². The van der Waals surface area contributed by atoms with Crippen LogP contribution in [0.15, 0.2) is 0 Å². The van der Waals surface area contributed by atoms with Crippen LogP contribution in [0.1, 0.15) is 6.92 Å². The van der Waals surface area contributed by atoms with Crippen LogP contribution in [0.3, 0.4) is 0 Å². The number of nitrogens with zero attached hydrogens (tertiary/aromatic N) is 1. The Balaban J connectivity index is -0.0000000575. The minimum atomic E-state index is -1.75. The Hall–Kier alpha value is 0.965. The molecule has 5 nitrogen and oxygen atoms in total. The molecule has 0 aliphatic rings.